The molecule has 0 aliphatic carbocycles. The Hall–Kier alpha value is -2.82. The molecule has 2 amide bonds. The van der Waals surface area contributed by atoms with E-state index in [1.807, 2.05) is 24.3 Å². The number of anilines is 1. The summed E-state index contributed by atoms with van der Waals surface area (Å²) < 4.78 is 5.07. The van der Waals surface area contributed by atoms with Gasteiger partial charge in [0.1, 0.15) is 5.75 Å². The first-order valence-electron chi connectivity index (χ1n) is 9.12. The summed E-state index contributed by atoms with van der Waals surface area (Å²) >= 11 is 0. The van der Waals surface area contributed by atoms with Crippen molar-refractivity contribution in [2.45, 2.75) is 39.0 Å². The van der Waals surface area contributed by atoms with E-state index in [0.29, 0.717) is 30.7 Å². The molecule has 5 heteroatoms. The van der Waals surface area contributed by atoms with E-state index in [-0.39, 0.29) is 17.2 Å². The predicted octanol–water partition coefficient (Wildman–Crippen LogP) is 4.14. The Morgan fingerprint density at radius 3 is 2.15 bits per heavy atom. The van der Waals surface area contributed by atoms with Gasteiger partial charge in [0, 0.05) is 24.2 Å². The highest BCUT2D eigenvalue weighted by Gasteiger charge is 2.13. The quantitative estimate of drug-likeness (QED) is 0.722. The number of amides is 2. The van der Waals surface area contributed by atoms with Crippen LogP contribution < -0.4 is 15.4 Å². The lowest BCUT2D eigenvalue weighted by atomic mass is 9.87. The molecule has 27 heavy (non-hydrogen) atoms. The van der Waals surface area contributed by atoms with Crippen LogP contribution in [0.2, 0.25) is 0 Å². The van der Waals surface area contributed by atoms with Crippen molar-refractivity contribution in [3.8, 4) is 5.75 Å². The summed E-state index contributed by atoms with van der Waals surface area (Å²) in [5.74, 6) is 0.492. The molecule has 0 unspecified atom stereocenters. The number of nitrogens with one attached hydrogen (secondary N) is 2. The van der Waals surface area contributed by atoms with Crippen LogP contribution in [-0.2, 0) is 10.2 Å². The second-order valence-corrected chi connectivity index (χ2v) is 7.46. The number of methoxy groups -OCH3 is 1. The van der Waals surface area contributed by atoms with Crippen molar-refractivity contribution >= 4 is 17.5 Å². The lowest BCUT2D eigenvalue weighted by molar-refractivity contribution is -0.116. The first-order valence-corrected chi connectivity index (χ1v) is 9.12. The molecule has 5 nitrogen and oxygen atoms in total. The molecule has 2 N–H and O–H groups in total. The monoisotopic (exact) mass is 368 g/mol. The van der Waals surface area contributed by atoms with Gasteiger partial charge in [-0.15, -0.1) is 0 Å². The number of ether oxygens (including phenoxy) is 1. The van der Waals surface area contributed by atoms with Crippen LogP contribution in [-0.4, -0.2) is 25.5 Å². The Morgan fingerprint density at radius 1 is 0.963 bits per heavy atom. The van der Waals surface area contributed by atoms with E-state index in [0.717, 1.165) is 5.69 Å². The Balaban J connectivity index is 1.71. The van der Waals surface area contributed by atoms with Crippen molar-refractivity contribution < 1.29 is 14.3 Å². The van der Waals surface area contributed by atoms with Gasteiger partial charge in [-0.2, -0.15) is 0 Å². The SMILES string of the molecule is COc1ccc(C(=O)NCCCC(=O)Nc2ccc(C(C)(C)C)cc2)cc1. The number of hydrogen-bond acceptors (Lipinski definition) is 3. The van der Waals surface area contributed by atoms with Gasteiger partial charge in [0.25, 0.3) is 5.91 Å². The molecule has 2 aromatic rings. The zero-order valence-electron chi connectivity index (χ0n) is 16.5. The van der Waals surface area contributed by atoms with Gasteiger partial charge in [0.05, 0.1) is 7.11 Å². The zero-order chi connectivity index (χ0) is 19.9. The van der Waals surface area contributed by atoms with E-state index in [9.17, 15) is 9.59 Å². The highest BCUT2D eigenvalue weighted by molar-refractivity contribution is 5.94. The molecule has 0 saturated heterocycles. The molecule has 144 valence electrons. The minimum atomic E-state index is -0.157. The highest BCUT2D eigenvalue weighted by Crippen LogP contribution is 2.23. The highest BCUT2D eigenvalue weighted by atomic mass is 16.5. The van der Waals surface area contributed by atoms with Crippen molar-refractivity contribution in [2.24, 2.45) is 0 Å². The largest absolute Gasteiger partial charge is 0.497 e. The normalized spacial score (nSPS) is 11.0. The van der Waals surface area contributed by atoms with Crippen LogP contribution in [0.3, 0.4) is 0 Å². The van der Waals surface area contributed by atoms with Crippen molar-refractivity contribution in [1.82, 2.24) is 5.32 Å². The van der Waals surface area contributed by atoms with Crippen molar-refractivity contribution in [3.63, 3.8) is 0 Å². The van der Waals surface area contributed by atoms with E-state index < -0.39 is 0 Å². The molecular formula is C22H28N2O3. The minimum absolute atomic E-state index is 0.0581. The molecule has 0 fully saturated rings. The lowest BCUT2D eigenvalue weighted by Gasteiger charge is -2.19. The first kappa shape index (κ1) is 20.5. The van der Waals surface area contributed by atoms with Crippen LogP contribution in [0.25, 0.3) is 0 Å². The van der Waals surface area contributed by atoms with E-state index in [2.05, 4.69) is 31.4 Å². The van der Waals surface area contributed by atoms with Crippen molar-refractivity contribution in [2.75, 3.05) is 19.0 Å². The average molecular weight is 368 g/mol. The van der Waals surface area contributed by atoms with Crippen LogP contribution in [0.4, 0.5) is 5.69 Å². The summed E-state index contributed by atoms with van der Waals surface area (Å²) in [5, 5.41) is 5.71. The van der Waals surface area contributed by atoms with Gasteiger partial charge in [-0.05, 0) is 53.8 Å². The fourth-order valence-corrected chi connectivity index (χ4v) is 2.57. The fraction of sp³-hybridized carbons (Fsp3) is 0.364. The smallest absolute Gasteiger partial charge is 0.251 e. The van der Waals surface area contributed by atoms with Gasteiger partial charge in [0.2, 0.25) is 5.91 Å². The third-order valence-electron chi connectivity index (χ3n) is 4.25. The van der Waals surface area contributed by atoms with Crippen LogP contribution in [0.15, 0.2) is 48.5 Å². The van der Waals surface area contributed by atoms with E-state index in [4.69, 9.17) is 4.74 Å². The van der Waals surface area contributed by atoms with Gasteiger partial charge in [-0.3, -0.25) is 9.59 Å². The third-order valence-corrected chi connectivity index (χ3v) is 4.25. The zero-order valence-corrected chi connectivity index (χ0v) is 16.5. The summed E-state index contributed by atoms with van der Waals surface area (Å²) in [4.78, 5) is 24.1. The molecule has 0 spiro atoms. The third kappa shape index (κ3) is 6.44. The Kier molecular flexibility index (Phi) is 6.99. The maximum atomic E-state index is 12.0. The predicted molar refractivity (Wildman–Crippen MR) is 108 cm³/mol. The van der Waals surface area contributed by atoms with Gasteiger partial charge in [-0.1, -0.05) is 32.9 Å². The molecule has 0 bridgehead atoms. The maximum absolute atomic E-state index is 12.0. The standard InChI is InChI=1S/C22H28N2O3/c1-22(2,3)17-9-11-18(12-10-17)24-20(25)6-5-15-23-21(26)16-7-13-19(27-4)14-8-16/h7-14H,5-6,15H2,1-4H3,(H,23,26)(H,24,25). The van der Waals surface area contributed by atoms with Crippen molar-refractivity contribution in [1.29, 1.82) is 0 Å². The molecule has 0 heterocycles. The molecule has 0 aromatic heterocycles. The molecule has 2 rings (SSSR count). The lowest BCUT2D eigenvalue weighted by Crippen LogP contribution is -2.25. The number of carbonyl (C=O) groups excluding carboxylic acids is 2. The molecule has 2 aromatic carbocycles. The number of benzene rings is 2. The van der Waals surface area contributed by atoms with Gasteiger partial charge in [-0.25, -0.2) is 0 Å². The van der Waals surface area contributed by atoms with E-state index in [1.54, 1.807) is 31.4 Å². The van der Waals surface area contributed by atoms with Crippen molar-refractivity contribution in [3.05, 3.63) is 59.7 Å². The number of hydrogen-bond donors (Lipinski definition) is 2. The number of carbonyl (C=O) groups is 2. The van der Waals surface area contributed by atoms with Crippen LogP contribution in [0.5, 0.6) is 5.75 Å². The minimum Gasteiger partial charge on any atom is -0.497 e. The molecule has 0 atom stereocenters. The van der Waals surface area contributed by atoms with Gasteiger partial charge < -0.3 is 15.4 Å². The summed E-state index contributed by atoms with van der Waals surface area (Å²) in [6, 6.07) is 14.8. The first-order chi connectivity index (χ1) is 12.8. The van der Waals surface area contributed by atoms with Gasteiger partial charge >= 0.3 is 0 Å². The number of rotatable bonds is 7. The Labute approximate surface area is 161 Å². The maximum Gasteiger partial charge on any atom is 0.251 e. The molecule has 0 saturated carbocycles. The van der Waals surface area contributed by atoms with E-state index in [1.165, 1.54) is 5.56 Å². The van der Waals surface area contributed by atoms with Crippen LogP contribution in [0, 0.1) is 0 Å². The molecular weight excluding hydrogens is 340 g/mol. The summed E-state index contributed by atoms with van der Waals surface area (Å²) in [6.07, 6.45) is 0.928. The summed E-state index contributed by atoms with van der Waals surface area (Å²) in [5.41, 5.74) is 2.67. The second-order valence-electron chi connectivity index (χ2n) is 7.46. The van der Waals surface area contributed by atoms with Gasteiger partial charge in [0.15, 0.2) is 0 Å². The van der Waals surface area contributed by atoms with E-state index >= 15 is 0 Å². The fourth-order valence-electron chi connectivity index (χ4n) is 2.57. The Morgan fingerprint density at radius 2 is 1.59 bits per heavy atom. The second kappa shape index (κ2) is 9.21. The average Bonchev–Trinajstić information content (AvgIpc) is 2.65. The molecule has 0 aliphatic heterocycles. The van der Waals surface area contributed by atoms with Crippen LogP contribution >= 0.6 is 0 Å². The molecule has 0 aliphatic rings. The van der Waals surface area contributed by atoms with Crippen LogP contribution in [0.1, 0.15) is 49.5 Å². The molecule has 0 radical (unpaired) electrons. The summed E-state index contributed by atoms with van der Waals surface area (Å²) in [7, 11) is 1.58. The Bertz CT molecular complexity index is 760. The topological polar surface area (TPSA) is 67.4 Å². The summed E-state index contributed by atoms with van der Waals surface area (Å²) in [6.45, 7) is 6.91.